The Labute approximate surface area is 188 Å². The molecule has 1 aromatic rings. The Morgan fingerprint density at radius 3 is 2.44 bits per heavy atom. The third-order valence-electron chi connectivity index (χ3n) is 6.11. The molecule has 0 amide bonds. The van der Waals surface area contributed by atoms with Gasteiger partial charge in [0.05, 0.1) is 12.2 Å². The average Bonchev–Trinajstić information content (AvgIpc) is 3.27. The monoisotopic (exact) mass is 444 g/mol. The summed E-state index contributed by atoms with van der Waals surface area (Å²) in [5.74, 6) is 0.212. The summed E-state index contributed by atoms with van der Waals surface area (Å²) in [4.78, 5) is 12.3. The molecule has 1 radical (unpaired) electrons. The van der Waals surface area contributed by atoms with Crippen LogP contribution in [-0.2, 0) is 37.5 Å². The van der Waals surface area contributed by atoms with Gasteiger partial charge in [0.15, 0.2) is 0 Å². The van der Waals surface area contributed by atoms with E-state index in [0.29, 0.717) is 12.3 Å². The van der Waals surface area contributed by atoms with E-state index in [1.165, 1.54) is 12.8 Å². The Bertz CT molecular complexity index is 619. The topological polar surface area (TPSA) is 57.5 Å². The van der Waals surface area contributed by atoms with E-state index in [9.17, 15) is 15.0 Å². The first-order chi connectivity index (χ1) is 12.6. The molecule has 27 heavy (non-hydrogen) atoms. The number of hydrogen-bond acceptors (Lipinski definition) is 3. The van der Waals surface area contributed by atoms with Crippen molar-refractivity contribution < 1.29 is 47.7 Å². The van der Waals surface area contributed by atoms with Crippen LogP contribution in [0.4, 0.5) is 0 Å². The van der Waals surface area contributed by atoms with E-state index in [0.717, 1.165) is 36.8 Å². The molecule has 0 bridgehead atoms. The third kappa shape index (κ3) is 5.59. The third-order valence-corrected chi connectivity index (χ3v) is 6.11. The fourth-order valence-electron chi connectivity index (χ4n) is 4.62. The van der Waals surface area contributed by atoms with Crippen molar-refractivity contribution >= 4 is 5.78 Å². The first-order valence-electron chi connectivity index (χ1n) is 10.0. The number of rotatable bonds is 7. The minimum atomic E-state index is -0.612. The summed E-state index contributed by atoms with van der Waals surface area (Å²) in [6, 6.07) is 7.94. The van der Waals surface area contributed by atoms with Crippen LogP contribution in [-0.4, -0.2) is 22.1 Å². The zero-order chi connectivity index (χ0) is 18.5. The number of allylic oxidation sites excluding steroid dienone is 2. The van der Waals surface area contributed by atoms with Crippen LogP contribution in [0, 0.1) is 18.8 Å². The van der Waals surface area contributed by atoms with Gasteiger partial charge in [-0.05, 0) is 36.3 Å². The van der Waals surface area contributed by atoms with Gasteiger partial charge in [0, 0.05) is 51.0 Å². The molecule has 145 valence electrons. The predicted molar refractivity (Wildman–Crippen MR) is 104 cm³/mol. The molecule has 2 fully saturated rings. The van der Waals surface area contributed by atoms with Crippen molar-refractivity contribution in [3.8, 4) is 0 Å². The molecule has 0 spiro atoms. The van der Waals surface area contributed by atoms with E-state index in [4.69, 9.17) is 0 Å². The second kappa shape index (κ2) is 11.0. The second-order valence-electron chi connectivity index (χ2n) is 7.88. The number of carbonyl (C=O) groups excluding carboxylic acids is 1. The van der Waals surface area contributed by atoms with Crippen molar-refractivity contribution in [2.45, 2.75) is 69.5 Å². The van der Waals surface area contributed by atoms with Gasteiger partial charge in [-0.25, -0.2) is 0 Å². The molecule has 1 aromatic carbocycles. The van der Waals surface area contributed by atoms with Crippen molar-refractivity contribution in [3.05, 3.63) is 54.5 Å². The first kappa shape index (κ1) is 22.9. The van der Waals surface area contributed by atoms with Gasteiger partial charge >= 0.3 is 0 Å². The van der Waals surface area contributed by atoms with Gasteiger partial charge in [0.1, 0.15) is 5.78 Å². The number of aliphatic hydroxyl groups is 2. The van der Waals surface area contributed by atoms with Crippen LogP contribution in [0.25, 0.3) is 0 Å². The summed E-state index contributed by atoms with van der Waals surface area (Å²) in [6.45, 7) is 3.82. The van der Waals surface area contributed by atoms with E-state index in [1.807, 2.05) is 24.3 Å². The zero-order valence-electron chi connectivity index (χ0n) is 16.1. The van der Waals surface area contributed by atoms with E-state index < -0.39 is 12.2 Å². The number of hydrogen-bond donors (Lipinski definition) is 2. The quantitative estimate of drug-likeness (QED) is 0.481. The number of carbonyl (C=O) groups is 1. The van der Waals surface area contributed by atoms with Crippen molar-refractivity contribution in [2.75, 3.05) is 0 Å². The van der Waals surface area contributed by atoms with Gasteiger partial charge in [0.25, 0.3) is 0 Å². The summed E-state index contributed by atoms with van der Waals surface area (Å²) >= 11 is 0. The number of aliphatic hydroxyl groups excluding tert-OH is 2. The predicted octanol–water partition coefficient (Wildman–Crippen LogP) is 4.50. The molecule has 3 rings (SSSR count). The maximum absolute atomic E-state index is 12.3. The van der Waals surface area contributed by atoms with Crippen LogP contribution < -0.4 is 0 Å². The summed E-state index contributed by atoms with van der Waals surface area (Å²) in [5.41, 5.74) is 1.95. The zero-order valence-corrected chi connectivity index (χ0v) is 18.9. The number of Topliss-reactive ketones (excluding diaryl/α,β-unsaturated/α-hetero) is 1. The molecule has 0 heterocycles. The maximum Gasteiger partial charge on any atom is 0.139 e. The summed E-state index contributed by atoms with van der Waals surface area (Å²) in [5, 5.41) is 21.0. The minimum Gasteiger partial charge on any atom is -0.392 e. The molecule has 0 aromatic heterocycles. The largest absolute Gasteiger partial charge is 0.392 e. The summed E-state index contributed by atoms with van der Waals surface area (Å²) in [7, 11) is 0. The number of benzene rings is 1. The maximum atomic E-state index is 12.3. The fourth-order valence-corrected chi connectivity index (χ4v) is 4.62. The Balaban J connectivity index is 0.00000261. The van der Waals surface area contributed by atoms with Crippen LogP contribution in [0.1, 0.15) is 74.5 Å². The van der Waals surface area contributed by atoms with E-state index in [-0.39, 0.29) is 56.7 Å². The molecule has 2 N–H and O–H groups in total. The normalized spacial score (nSPS) is 27.2. The Morgan fingerprint density at radius 2 is 1.81 bits per heavy atom. The van der Waals surface area contributed by atoms with Crippen molar-refractivity contribution in [1.82, 2.24) is 0 Å². The molecule has 2 saturated carbocycles. The first-order valence-corrected chi connectivity index (χ1v) is 10.0. The summed E-state index contributed by atoms with van der Waals surface area (Å²) < 4.78 is 0. The van der Waals surface area contributed by atoms with Crippen LogP contribution in [0.15, 0.2) is 36.4 Å². The van der Waals surface area contributed by atoms with Crippen molar-refractivity contribution in [3.63, 3.8) is 0 Å². The number of ketones is 1. The standard InChI is InChI=1S/C23H31O3.Y/c1-2-3-4-5-10-19-20(24)15-21(25)22(19)16-11-13-18(14-12-16)23(26)17-8-6-7-9-17;/h4-5,11-14,17,19,21-23,25-26H,1-3,6-10,15H2;/q-1;/t19-,21+,22+,23?;/m0./s1. The van der Waals surface area contributed by atoms with E-state index in [2.05, 4.69) is 19.1 Å². The molecule has 0 saturated heterocycles. The van der Waals surface area contributed by atoms with Crippen molar-refractivity contribution in [2.24, 2.45) is 11.8 Å². The van der Waals surface area contributed by atoms with Crippen LogP contribution in [0.2, 0.25) is 0 Å². The van der Waals surface area contributed by atoms with Crippen molar-refractivity contribution in [1.29, 1.82) is 0 Å². The van der Waals surface area contributed by atoms with E-state index in [1.54, 1.807) is 0 Å². The average molecular weight is 444 g/mol. The Morgan fingerprint density at radius 1 is 1.15 bits per heavy atom. The molecule has 4 heteroatoms. The molecular formula is C23H31O3Y-. The SMILES string of the molecule is [CH2-]CCC=CC[C@H]1C(=O)C[C@@H](O)[C@@H]1c1ccc(C(O)C2CCCC2)cc1.[Y]. The fraction of sp³-hybridized carbons (Fsp3) is 0.565. The molecule has 4 atom stereocenters. The number of unbranched alkanes of at least 4 members (excludes halogenated alkanes) is 1. The minimum absolute atomic E-state index is 0. The van der Waals surface area contributed by atoms with Crippen LogP contribution >= 0.6 is 0 Å². The van der Waals surface area contributed by atoms with Crippen LogP contribution in [0.3, 0.4) is 0 Å². The molecule has 0 aliphatic heterocycles. The second-order valence-corrected chi connectivity index (χ2v) is 7.88. The van der Waals surface area contributed by atoms with E-state index >= 15 is 0 Å². The van der Waals surface area contributed by atoms with Gasteiger partial charge < -0.3 is 17.1 Å². The molecular weight excluding hydrogens is 413 g/mol. The molecule has 2 aliphatic carbocycles. The smallest absolute Gasteiger partial charge is 0.139 e. The molecule has 3 nitrogen and oxygen atoms in total. The van der Waals surface area contributed by atoms with Gasteiger partial charge in [0.2, 0.25) is 0 Å². The molecule has 1 unspecified atom stereocenters. The van der Waals surface area contributed by atoms with Gasteiger partial charge in [-0.3, -0.25) is 4.79 Å². The van der Waals surface area contributed by atoms with Gasteiger partial charge in [-0.1, -0.05) is 55.7 Å². The van der Waals surface area contributed by atoms with Gasteiger partial charge in [-0.2, -0.15) is 6.42 Å². The van der Waals surface area contributed by atoms with Gasteiger partial charge in [-0.15, -0.1) is 0 Å². The molecule has 2 aliphatic rings. The van der Waals surface area contributed by atoms with Crippen LogP contribution in [0.5, 0.6) is 0 Å². The Kier molecular flexibility index (Phi) is 9.34. The summed E-state index contributed by atoms with van der Waals surface area (Å²) in [6.07, 6.45) is 10.4. The Hall–Kier alpha value is -0.346.